The number of carbonyl (C=O) groups excluding carboxylic acids is 1. The molecule has 1 aliphatic rings. The number of aromatic hydroxyl groups is 1. The number of benzene rings is 1. The van der Waals surface area contributed by atoms with E-state index in [9.17, 15) is 23.1 Å². The largest absolute Gasteiger partial charge is 0.508 e. The van der Waals surface area contributed by atoms with E-state index in [0.717, 1.165) is 0 Å². The van der Waals surface area contributed by atoms with Crippen molar-refractivity contribution < 1.29 is 23.1 Å². The van der Waals surface area contributed by atoms with Crippen LogP contribution >= 0.6 is 0 Å². The summed E-state index contributed by atoms with van der Waals surface area (Å²) in [5.41, 5.74) is 0.438. The van der Waals surface area contributed by atoms with Crippen LogP contribution in [0.1, 0.15) is 43.0 Å². The van der Waals surface area contributed by atoms with Gasteiger partial charge >= 0.3 is 6.18 Å². The molecular weight excluding hydrogens is 373 g/mol. The van der Waals surface area contributed by atoms with E-state index in [1.807, 2.05) is 6.92 Å². The van der Waals surface area contributed by atoms with Gasteiger partial charge in [0.05, 0.1) is 12.5 Å². The number of carbonyl (C=O) groups is 1. The average molecular weight is 400 g/mol. The minimum atomic E-state index is -4.11. The molecular formula is C19H27F3N4O2. The lowest BCUT2D eigenvalue weighted by molar-refractivity contribution is -0.182. The van der Waals surface area contributed by atoms with Gasteiger partial charge in [-0.3, -0.25) is 9.79 Å². The Hall–Kier alpha value is -2.45. The molecule has 2 rings (SSSR count). The fraction of sp³-hybridized carbons (Fsp3) is 0.579. The standard InChI is InChI=1S/C19H27F3N4O2/c1-2-23-18(26-15-7-5-14(6-8-15)19(20,21)22)25-12-11-24-17(28)13-3-9-16(27)10-4-13/h3-4,9-10,14-15,27H,2,5-8,11-12H2,1H3,(H,24,28)(H2,23,25,26). The van der Waals surface area contributed by atoms with Gasteiger partial charge in [0.1, 0.15) is 5.75 Å². The summed E-state index contributed by atoms with van der Waals surface area (Å²) in [6.45, 7) is 3.18. The van der Waals surface area contributed by atoms with Crippen molar-refractivity contribution in [1.29, 1.82) is 0 Å². The van der Waals surface area contributed by atoms with Gasteiger partial charge in [-0.05, 0) is 56.9 Å². The third-order valence-corrected chi connectivity index (χ3v) is 4.67. The van der Waals surface area contributed by atoms with Crippen LogP contribution in [-0.4, -0.2) is 48.8 Å². The zero-order valence-electron chi connectivity index (χ0n) is 15.9. The Morgan fingerprint density at radius 3 is 2.36 bits per heavy atom. The number of phenolic OH excluding ortho intramolecular Hbond substituents is 1. The highest BCUT2D eigenvalue weighted by atomic mass is 19.4. The summed E-state index contributed by atoms with van der Waals surface area (Å²) in [6, 6.07) is 5.89. The zero-order valence-corrected chi connectivity index (χ0v) is 15.9. The topological polar surface area (TPSA) is 85.8 Å². The predicted octanol–water partition coefficient (Wildman–Crippen LogP) is 2.80. The molecule has 0 aromatic heterocycles. The van der Waals surface area contributed by atoms with Gasteiger partial charge in [-0.25, -0.2) is 0 Å². The SMILES string of the molecule is CCNC(=NCCNC(=O)c1ccc(O)cc1)NC1CCC(C(F)(F)F)CC1. The molecule has 28 heavy (non-hydrogen) atoms. The highest BCUT2D eigenvalue weighted by Gasteiger charge is 2.41. The van der Waals surface area contributed by atoms with E-state index in [1.54, 1.807) is 0 Å². The van der Waals surface area contributed by atoms with Crippen molar-refractivity contribution in [2.24, 2.45) is 10.9 Å². The quantitative estimate of drug-likeness (QED) is 0.336. The summed E-state index contributed by atoms with van der Waals surface area (Å²) in [5, 5.41) is 18.2. The lowest BCUT2D eigenvalue weighted by Gasteiger charge is -2.31. The first kappa shape index (κ1) is 21.8. The second-order valence-corrected chi connectivity index (χ2v) is 6.80. The molecule has 1 fully saturated rings. The number of hydrogen-bond acceptors (Lipinski definition) is 3. The fourth-order valence-corrected chi connectivity index (χ4v) is 3.13. The summed E-state index contributed by atoms with van der Waals surface area (Å²) in [6.07, 6.45) is -2.95. The number of halogens is 3. The molecule has 1 aliphatic carbocycles. The number of phenols is 1. The van der Waals surface area contributed by atoms with Gasteiger partial charge in [0.25, 0.3) is 5.91 Å². The summed E-state index contributed by atoms with van der Waals surface area (Å²) in [5.74, 6) is -0.845. The number of rotatable bonds is 6. The van der Waals surface area contributed by atoms with E-state index in [1.165, 1.54) is 24.3 Å². The third-order valence-electron chi connectivity index (χ3n) is 4.67. The van der Waals surface area contributed by atoms with Crippen molar-refractivity contribution in [1.82, 2.24) is 16.0 Å². The summed E-state index contributed by atoms with van der Waals surface area (Å²) < 4.78 is 38.3. The Morgan fingerprint density at radius 1 is 1.14 bits per heavy atom. The number of nitrogens with one attached hydrogen (secondary N) is 3. The molecule has 0 aliphatic heterocycles. The van der Waals surface area contributed by atoms with Gasteiger partial charge < -0.3 is 21.1 Å². The van der Waals surface area contributed by atoms with Crippen molar-refractivity contribution in [3.8, 4) is 5.75 Å². The zero-order chi connectivity index (χ0) is 20.6. The molecule has 1 aromatic rings. The summed E-state index contributed by atoms with van der Waals surface area (Å²) >= 11 is 0. The van der Waals surface area contributed by atoms with E-state index in [0.29, 0.717) is 44.0 Å². The van der Waals surface area contributed by atoms with E-state index in [4.69, 9.17) is 0 Å². The normalized spacial score (nSPS) is 20.5. The van der Waals surface area contributed by atoms with Crippen molar-refractivity contribution in [2.45, 2.75) is 44.8 Å². The maximum atomic E-state index is 12.8. The lowest BCUT2D eigenvalue weighted by atomic mass is 9.85. The van der Waals surface area contributed by atoms with Crippen LogP contribution in [0.5, 0.6) is 5.75 Å². The number of guanidine groups is 1. The van der Waals surface area contributed by atoms with Crippen molar-refractivity contribution >= 4 is 11.9 Å². The van der Waals surface area contributed by atoms with Crippen LogP contribution in [0.25, 0.3) is 0 Å². The van der Waals surface area contributed by atoms with Crippen LogP contribution in [0.4, 0.5) is 13.2 Å². The van der Waals surface area contributed by atoms with Crippen molar-refractivity contribution in [2.75, 3.05) is 19.6 Å². The van der Waals surface area contributed by atoms with Crippen LogP contribution in [0.3, 0.4) is 0 Å². The average Bonchev–Trinajstić information content (AvgIpc) is 2.65. The van der Waals surface area contributed by atoms with Crippen LogP contribution in [-0.2, 0) is 0 Å². The second kappa shape index (κ2) is 10.2. The minimum absolute atomic E-state index is 0.0389. The molecule has 1 amide bonds. The Kier molecular flexibility index (Phi) is 7.95. The molecule has 0 spiro atoms. The first-order chi connectivity index (χ1) is 13.3. The molecule has 0 heterocycles. The maximum Gasteiger partial charge on any atom is 0.391 e. The number of nitrogens with zero attached hydrogens (tertiary/aromatic N) is 1. The Balaban J connectivity index is 1.77. The van der Waals surface area contributed by atoms with Gasteiger partial charge in [-0.1, -0.05) is 0 Å². The second-order valence-electron chi connectivity index (χ2n) is 6.80. The van der Waals surface area contributed by atoms with Gasteiger partial charge in [-0.2, -0.15) is 13.2 Å². The fourth-order valence-electron chi connectivity index (χ4n) is 3.13. The van der Waals surface area contributed by atoms with Gasteiger partial charge in [0, 0.05) is 24.7 Å². The third kappa shape index (κ3) is 6.94. The minimum Gasteiger partial charge on any atom is -0.508 e. The Morgan fingerprint density at radius 2 is 1.79 bits per heavy atom. The maximum absolute atomic E-state index is 12.8. The molecule has 156 valence electrons. The monoisotopic (exact) mass is 400 g/mol. The van der Waals surface area contributed by atoms with E-state index < -0.39 is 12.1 Å². The molecule has 0 unspecified atom stereocenters. The Labute approximate surface area is 162 Å². The molecule has 6 nitrogen and oxygen atoms in total. The first-order valence-electron chi connectivity index (χ1n) is 9.48. The molecule has 0 bridgehead atoms. The predicted molar refractivity (Wildman–Crippen MR) is 101 cm³/mol. The molecule has 9 heteroatoms. The Bertz CT molecular complexity index is 654. The smallest absolute Gasteiger partial charge is 0.391 e. The van der Waals surface area contributed by atoms with Crippen LogP contribution < -0.4 is 16.0 Å². The number of hydrogen-bond donors (Lipinski definition) is 4. The highest BCUT2D eigenvalue weighted by Crippen LogP contribution is 2.37. The molecule has 4 N–H and O–H groups in total. The molecule has 1 aromatic carbocycles. The van der Waals surface area contributed by atoms with E-state index in [2.05, 4.69) is 20.9 Å². The van der Waals surface area contributed by atoms with Crippen molar-refractivity contribution in [3.63, 3.8) is 0 Å². The lowest BCUT2D eigenvalue weighted by Crippen LogP contribution is -2.46. The summed E-state index contributed by atoms with van der Waals surface area (Å²) in [4.78, 5) is 16.4. The molecule has 0 atom stereocenters. The van der Waals surface area contributed by atoms with Gasteiger partial charge in [-0.15, -0.1) is 0 Å². The van der Waals surface area contributed by atoms with E-state index >= 15 is 0 Å². The molecule has 0 saturated heterocycles. The highest BCUT2D eigenvalue weighted by molar-refractivity contribution is 5.94. The number of alkyl halides is 3. The first-order valence-corrected chi connectivity index (χ1v) is 9.48. The van der Waals surface area contributed by atoms with Crippen molar-refractivity contribution in [3.05, 3.63) is 29.8 Å². The van der Waals surface area contributed by atoms with Gasteiger partial charge in [0.15, 0.2) is 5.96 Å². The van der Waals surface area contributed by atoms with E-state index in [-0.39, 0.29) is 30.5 Å². The van der Waals surface area contributed by atoms with Gasteiger partial charge in [0.2, 0.25) is 0 Å². The molecule has 1 saturated carbocycles. The number of aliphatic imine (C=N–C) groups is 1. The number of amides is 1. The van der Waals surface area contributed by atoms with Crippen LogP contribution in [0.15, 0.2) is 29.3 Å². The molecule has 0 radical (unpaired) electrons. The summed E-state index contributed by atoms with van der Waals surface area (Å²) in [7, 11) is 0. The van der Waals surface area contributed by atoms with Crippen LogP contribution in [0, 0.1) is 5.92 Å². The van der Waals surface area contributed by atoms with Crippen LogP contribution in [0.2, 0.25) is 0 Å².